The van der Waals surface area contributed by atoms with Crippen LogP contribution in [0.1, 0.15) is 20.3 Å². The molecule has 3 unspecified atom stereocenters. The van der Waals surface area contributed by atoms with E-state index in [9.17, 15) is 4.79 Å². The second-order valence-corrected chi connectivity index (χ2v) is 5.12. The van der Waals surface area contributed by atoms with Crippen LogP contribution in [-0.4, -0.2) is 12.6 Å². The first-order valence-corrected chi connectivity index (χ1v) is 5.76. The summed E-state index contributed by atoms with van der Waals surface area (Å²) < 4.78 is 0. The normalized spacial score (nSPS) is 39.0. The Balaban J connectivity index is 2.15. The summed E-state index contributed by atoms with van der Waals surface area (Å²) in [6.07, 6.45) is 7.49. The van der Waals surface area contributed by atoms with E-state index >= 15 is 0 Å². The number of carbonyl (C=O) groups excluding carboxylic acids is 1. The van der Waals surface area contributed by atoms with E-state index in [4.69, 9.17) is 0 Å². The second-order valence-electron chi connectivity index (χ2n) is 5.12. The first-order valence-electron chi connectivity index (χ1n) is 5.76. The van der Waals surface area contributed by atoms with Crippen LogP contribution >= 0.6 is 0 Å². The number of aliphatic imine (C=N–C) groups is 1. The molecule has 0 aliphatic heterocycles. The minimum Gasteiger partial charge on any atom is -0.267 e. The number of nitrogens with zero attached hydrogens (tertiary/aromatic N) is 1. The molecule has 1 spiro atoms. The van der Waals surface area contributed by atoms with Crippen molar-refractivity contribution in [3.05, 3.63) is 34.9 Å². The number of carbonyl (C=O) groups is 1. The van der Waals surface area contributed by atoms with Gasteiger partial charge in [-0.05, 0) is 36.6 Å². The SMILES string of the molecule is C=NC(=O)C1=C2C=CC(C)C(C)C23CC3=C1. The highest BCUT2D eigenvalue weighted by molar-refractivity contribution is 6.02. The number of amides is 1. The van der Waals surface area contributed by atoms with E-state index in [0.717, 1.165) is 12.0 Å². The highest BCUT2D eigenvalue weighted by Gasteiger charge is 2.60. The average molecular weight is 213 g/mol. The molecule has 2 heteroatoms. The van der Waals surface area contributed by atoms with E-state index in [1.54, 1.807) is 0 Å². The van der Waals surface area contributed by atoms with Gasteiger partial charge in [-0.2, -0.15) is 0 Å². The maximum Gasteiger partial charge on any atom is 0.276 e. The molecule has 1 saturated carbocycles. The van der Waals surface area contributed by atoms with Gasteiger partial charge < -0.3 is 0 Å². The summed E-state index contributed by atoms with van der Waals surface area (Å²) in [7, 11) is 0. The Morgan fingerprint density at radius 2 is 2.31 bits per heavy atom. The highest BCUT2D eigenvalue weighted by atomic mass is 16.1. The summed E-state index contributed by atoms with van der Waals surface area (Å²) in [4.78, 5) is 15.2. The standard InChI is InChI=1S/C14H15NO/c1-8-4-5-12-11(13(16)15-3)6-10-7-14(10,12)9(8)2/h4-6,8-9H,3,7H2,1-2H3. The lowest BCUT2D eigenvalue weighted by Gasteiger charge is -2.31. The van der Waals surface area contributed by atoms with Crippen LogP contribution in [0.2, 0.25) is 0 Å². The number of hydrogen-bond acceptors (Lipinski definition) is 1. The van der Waals surface area contributed by atoms with Gasteiger partial charge in [0.05, 0.1) is 0 Å². The molecule has 3 atom stereocenters. The molecule has 16 heavy (non-hydrogen) atoms. The van der Waals surface area contributed by atoms with Gasteiger partial charge in [0, 0.05) is 11.0 Å². The van der Waals surface area contributed by atoms with Crippen LogP contribution in [0.25, 0.3) is 0 Å². The highest BCUT2D eigenvalue weighted by Crippen LogP contribution is 2.69. The van der Waals surface area contributed by atoms with Gasteiger partial charge in [0.2, 0.25) is 0 Å². The van der Waals surface area contributed by atoms with Crippen molar-refractivity contribution in [3.8, 4) is 0 Å². The summed E-state index contributed by atoms with van der Waals surface area (Å²) >= 11 is 0. The zero-order valence-corrected chi connectivity index (χ0v) is 9.66. The van der Waals surface area contributed by atoms with Gasteiger partial charge in [-0.15, -0.1) is 0 Å². The third-order valence-electron chi connectivity index (χ3n) is 4.51. The predicted octanol–water partition coefficient (Wildman–Crippen LogP) is 2.68. The fourth-order valence-corrected chi connectivity index (χ4v) is 3.26. The predicted molar refractivity (Wildman–Crippen MR) is 64.2 cm³/mol. The van der Waals surface area contributed by atoms with Crippen molar-refractivity contribution >= 4 is 12.6 Å². The summed E-state index contributed by atoms with van der Waals surface area (Å²) in [6, 6.07) is 0. The summed E-state index contributed by atoms with van der Waals surface area (Å²) in [5.41, 5.74) is 3.55. The Kier molecular flexibility index (Phi) is 1.72. The maximum atomic E-state index is 11.7. The van der Waals surface area contributed by atoms with Gasteiger partial charge in [-0.3, -0.25) is 4.79 Å². The van der Waals surface area contributed by atoms with Crippen molar-refractivity contribution in [1.29, 1.82) is 0 Å². The molecule has 1 amide bonds. The third-order valence-corrected chi connectivity index (χ3v) is 4.51. The van der Waals surface area contributed by atoms with Crippen molar-refractivity contribution in [1.82, 2.24) is 0 Å². The van der Waals surface area contributed by atoms with Gasteiger partial charge >= 0.3 is 0 Å². The summed E-state index contributed by atoms with van der Waals surface area (Å²) in [5.74, 6) is 0.995. The molecule has 0 aromatic rings. The van der Waals surface area contributed by atoms with Crippen molar-refractivity contribution in [3.63, 3.8) is 0 Å². The molecule has 0 aromatic carbocycles. The lowest BCUT2D eigenvalue weighted by atomic mass is 9.72. The Labute approximate surface area is 95.5 Å². The van der Waals surface area contributed by atoms with Gasteiger partial charge in [0.25, 0.3) is 5.91 Å². The first kappa shape index (κ1) is 9.76. The second kappa shape index (κ2) is 2.82. The van der Waals surface area contributed by atoms with Crippen LogP contribution in [0.4, 0.5) is 0 Å². The average Bonchev–Trinajstić information content (AvgIpc) is 2.91. The van der Waals surface area contributed by atoms with Gasteiger partial charge in [-0.25, -0.2) is 4.99 Å². The zero-order valence-electron chi connectivity index (χ0n) is 9.66. The molecule has 0 heterocycles. The zero-order chi connectivity index (χ0) is 11.5. The van der Waals surface area contributed by atoms with Crippen LogP contribution in [0.5, 0.6) is 0 Å². The van der Waals surface area contributed by atoms with E-state index in [0.29, 0.717) is 11.8 Å². The molecule has 2 nitrogen and oxygen atoms in total. The minimum absolute atomic E-state index is 0.180. The van der Waals surface area contributed by atoms with E-state index < -0.39 is 0 Å². The van der Waals surface area contributed by atoms with E-state index in [-0.39, 0.29) is 11.3 Å². The number of allylic oxidation sites excluding steroid dienone is 4. The number of hydrogen-bond donors (Lipinski definition) is 0. The first-order chi connectivity index (χ1) is 7.61. The Morgan fingerprint density at radius 1 is 1.56 bits per heavy atom. The summed E-state index contributed by atoms with van der Waals surface area (Å²) in [6.45, 7) is 7.85. The maximum absolute atomic E-state index is 11.7. The molecule has 0 radical (unpaired) electrons. The van der Waals surface area contributed by atoms with Crippen LogP contribution in [0.15, 0.2) is 39.9 Å². The largest absolute Gasteiger partial charge is 0.276 e. The monoisotopic (exact) mass is 213 g/mol. The lowest BCUT2D eigenvalue weighted by Crippen LogP contribution is -2.24. The van der Waals surface area contributed by atoms with Crippen LogP contribution < -0.4 is 0 Å². The van der Waals surface area contributed by atoms with Crippen molar-refractivity contribution in [2.75, 3.05) is 0 Å². The molecule has 3 aliphatic carbocycles. The molecule has 0 aromatic heterocycles. The molecule has 0 bridgehead atoms. The molecule has 0 N–H and O–H groups in total. The van der Waals surface area contributed by atoms with Gasteiger partial charge in [0.15, 0.2) is 0 Å². The van der Waals surface area contributed by atoms with E-state index in [1.165, 1.54) is 11.1 Å². The third kappa shape index (κ3) is 0.927. The smallest absolute Gasteiger partial charge is 0.267 e. The Morgan fingerprint density at radius 3 is 3.00 bits per heavy atom. The number of rotatable bonds is 1. The molecule has 3 aliphatic rings. The van der Waals surface area contributed by atoms with Crippen molar-refractivity contribution < 1.29 is 4.79 Å². The molecular formula is C14H15NO. The van der Waals surface area contributed by atoms with Crippen LogP contribution in [0, 0.1) is 17.3 Å². The lowest BCUT2D eigenvalue weighted by molar-refractivity contribution is -0.114. The fraction of sp³-hybridized carbons (Fsp3) is 0.429. The van der Waals surface area contributed by atoms with Crippen molar-refractivity contribution in [2.45, 2.75) is 20.3 Å². The minimum atomic E-state index is -0.180. The van der Waals surface area contributed by atoms with E-state index in [2.05, 4.69) is 37.7 Å². The molecule has 3 rings (SSSR count). The fourth-order valence-electron chi connectivity index (χ4n) is 3.26. The molecule has 1 fully saturated rings. The molecule has 82 valence electrons. The molecule has 0 saturated heterocycles. The quantitative estimate of drug-likeness (QED) is 0.616. The van der Waals surface area contributed by atoms with Gasteiger partial charge in [-0.1, -0.05) is 31.6 Å². The van der Waals surface area contributed by atoms with Crippen LogP contribution in [-0.2, 0) is 4.79 Å². The topological polar surface area (TPSA) is 29.4 Å². The van der Waals surface area contributed by atoms with Crippen molar-refractivity contribution in [2.24, 2.45) is 22.2 Å². The summed E-state index contributed by atoms with van der Waals surface area (Å²) in [5, 5.41) is 0. The molecular weight excluding hydrogens is 198 g/mol. The van der Waals surface area contributed by atoms with E-state index in [1.807, 2.05) is 6.08 Å². The Bertz CT molecular complexity index is 495. The van der Waals surface area contributed by atoms with Crippen LogP contribution in [0.3, 0.4) is 0 Å². The Hall–Kier alpha value is -1.44. The van der Waals surface area contributed by atoms with Gasteiger partial charge in [0.1, 0.15) is 0 Å².